The van der Waals surface area contributed by atoms with Crippen LogP contribution in [0.25, 0.3) is 0 Å². The summed E-state index contributed by atoms with van der Waals surface area (Å²) in [5.41, 5.74) is 0.500. The monoisotopic (exact) mass is 344 g/mol. The molecule has 0 fully saturated rings. The lowest BCUT2D eigenvalue weighted by atomic mass is 10.3. The van der Waals surface area contributed by atoms with Gasteiger partial charge in [-0.25, -0.2) is 0 Å². The molecule has 0 saturated heterocycles. The van der Waals surface area contributed by atoms with Gasteiger partial charge in [0.1, 0.15) is 6.33 Å². The summed E-state index contributed by atoms with van der Waals surface area (Å²) in [6, 6.07) is 5.34. The van der Waals surface area contributed by atoms with Gasteiger partial charge in [0.05, 0.1) is 21.5 Å². The van der Waals surface area contributed by atoms with Crippen molar-refractivity contribution in [1.29, 1.82) is 0 Å². The quantitative estimate of drug-likeness (QED) is 0.835. The molecular formula is C13H14Cl2N4OS. The zero-order valence-corrected chi connectivity index (χ0v) is 13.8. The Labute approximate surface area is 137 Å². The Balaban J connectivity index is 1.96. The number of carbonyl (C=O) groups is 1. The molecule has 1 aromatic carbocycles. The van der Waals surface area contributed by atoms with Crippen molar-refractivity contribution in [2.75, 3.05) is 11.1 Å². The Morgan fingerprint density at radius 1 is 1.43 bits per heavy atom. The standard InChI is InChI=1S/C13H14Cl2N4OS/c1-8(2)19-7-16-18-13(19)21-6-11(20)17-10-5-3-4-9(14)12(10)15/h3-5,7-8H,6H2,1-2H3,(H,17,20). The Bertz CT molecular complexity index is 645. The van der Waals surface area contributed by atoms with E-state index in [1.54, 1.807) is 24.5 Å². The number of hydrogen-bond acceptors (Lipinski definition) is 4. The summed E-state index contributed by atoms with van der Waals surface area (Å²) in [7, 11) is 0. The van der Waals surface area contributed by atoms with E-state index >= 15 is 0 Å². The number of nitrogens with one attached hydrogen (secondary N) is 1. The third-order valence-electron chi connectivity index (χ3n) is 2.65. The smallest absolute Gasteiger partial charge is 0.234 e. The van der Waals surface area contributed by atoms with Gasteiger partial charge in [0, 0.05) is 6.04 Å². The molecule has 0 aliphatic heterocycles. The van der Waals surface area contributed by atoms with E-state index in [0.717, 1.165) is 0 Å². The fourth-order valence-corrected chi connectivity index (χ4v) is 2.80. The van der Waals surface area contributed by atoms with Gasteiger partial charge in [0.15, 0.2) is 5.16 Å². The average molecular weight is 345 g/mol. The van der Waals surface area contributed by atoms with Crippen LogP contribution in [0.15, 0.2) is 29.7 Å². The van der Waals surface area contributed by atoms with Crippen LogP contribution in [0.1, 0.15) is 19.9 Å². The molecule has 21 heavy (non-hydrogen) atoms. The van der Waals surface area contributed by atoms with Crippen molar-refractivity contribution in [2.24, 2.45) is 0 Å². The number of hydrogen-bond donors (Lipinski definition) is 1. The van der Waals surface area contributed by atoms with E-state index in [2.05, 4.69) is 15.5 Å². The van der Waals surface area contributed by atoms with Crippen molar-refractivity contribution in [3.63, 3.8) is 0 Å². The van der Waals surface area contributed by atoms with Crippen LogP contribution < -0.4 is 5.32 Å². The second kappa shape index (κ2) is 7.15. The largest absolute Gasteiger partial charge is 0.324 e. The predicted molar refractivity (Wildman–Crippen MR) is 86.2 cm³/mol. The van der Waals surface area contributed by atoms with Crippen LogP contribution in [0, 0.1) is 0 Å². The highest BCUT2D eigenvalue weighted by atomic mass is 35.5. The Kier molecular flexibility index (Phi) is 5.50. The van der Waals surface area contributed by atoms with E-state index in [-0.39, 0.29) is 17.7 Å². The maximum Gasteiger partial charge on any atom is 0.234 e. The van der Waals surface area contributed by atoms with Crippen LogP contribution >= 0.6 is 35.0 Å². The van der Waals surface area contributed by atoms with Gasteiger partial charge >= 0.3 is 0 Å². The lowest BCUT2D eigenvalue weighted by Crippen LogP contribution is -2.15. The fourth-order valence-electron chi connectivity index (χ4n) is 1.61. The van der Waals surface area contributed by atoms with Gasteiger partial charge in [-0.2, -0.15) is 0 Å². The highest BCUT2D eigenvalue weighted by Crippen LogP contribution is 2.29. The molecule has 0 atom stereocenters. The Hall–Kier alpha value is -1.24. The van der Waals surface area contributed by atoms with Crippen LogP contribution in [0.5, 0.6) is 0 Å². The summed E-state index contributed by atoms with van der Waals surface area (Å²) >= 11 is 13.2. The van der Waals surface area contributed by atoms with Crippen LogP contribution in [-0.2, 0) is 4.79 Å². The number of aromatic nitrogens is 3. The summed E-state index contributed by atoms with van der Waals surface area (Å²) in [5, 5.41) is 12.0. The number of anilines is 1. The average Bonchev–Trinajstić information content (AvgIpc) is 2.90. The van der Waals surface area contributed by atoms with Crippen molar-refractivity contribution >= 4 is 46.6 Å². The minimum Gasteiger partial charge on any atom is -0.324 e. The molecule has 1 amide bonds. The molecule has 0 unspecified atom stereocenters. The second-order valence-electron chi connectivity index (χ2n) is 4.55. The van der Waals surface area contributed by atoms with Crippen molar-refractivity contribution in [3.05, 3.63) is 34.6 Å². The fraction of sp³-hybridized carbons (Fsp3) is 0.308. The van der Waals surface area contributed by atoms with Gasteiger partial charge in [-0.15, -0.1) is 10.2 Å². The summed E-state index contributed by atoms with van der Waals surface area (Å²) in [4.78, 5) is 12.0. The molecule has 112 valence electrons. The third-order valence-corrected chi connectivity index (χ3v) is 4.43. The Morgan fingerprint density at radius 2 is 2.19 bits per heavy atom. The van der Waals surface area contributed by atoms with Gasteiger partial charge in [-0.1, -0.05) is 41.0 Å². The zero-order valence-electron chi connectivity index (χ0n) is 11.5. The van der Waals surface area contributed by atoms with Crippen molar-refractivity contribution in [3.8, 4) is 0 Å². The Morgan fingerprint density at radius 3 is 2.90 bits per heavy atom. The molecule has 0 radical (unpaired) electrons. The van der Waals surface area contributed by atoms with Gasteiger partial charge in [-0.3, -0.25) is 4.79 Å². The van der Waals surface area contributed by atoms with E-state index in [4.69, 9.17) is 23.2 Å². The molecular weight excluding hydrogens is 331 g/mol. The lowest BCUT2D eigenvalue weighted by Gasteiger charge is -2.10. The van der Waals surface area contributed by atoms with Gasteiger partial charge < -0.3 is 9.88 Å². The summed E-state index contributed by atoms with van der Waals surface area (Å²) in [6.45, 7) is 4.05. The van der Waals surface area contributed by atoms with E-state index in [9.17, 15) is 4.79 Å². The van der Waals surface area contributed by atoms with Crippen LogP contribution in [-0.4, -0.2) is 26.4 Å². The first-order chi connectivity index (χ1) is 9.99. The van der Waals surface area contributed by atoms with Crippen LogP contribution in [0.2, 0.25) is 10.0 Å². The maximum atomic E-state index is 12.0. The van der Waals surface area contributed by atoms with E-state index < -0.39 is 0 Å². The number of benzene rings is 1. The van der Waals surface area contributed by atoms with Gasteiger partial charge in [0.2, 0.25) is 5.91 Å². The topological polar surface area (TPSA) is 59.8 Å². The molecule has 8 heteroatoms. The number of rotatable bonds is 5. The molecule has 0 saturated carbocycles. The molecule has 5 nitrogen and oxygen atoms in total. The molecule has 1 heterocycles. The first-order valence-electron chi connectivity index (χ1n) is 6.25. The van der Waals surface area contributed by atoms with E-state index in [1.165, 1.54) is 11.8 Å². The highest BCUT2D eigenvalue weighted by molar-refractivity contribution is 7.99. The number of nitrogens with zero attached hydrogens (tertiary/aromatic N) is 3. The SMILES string of the molecule is CC(C)n1cnnc1SCC(=O)Nc1cccc(Cl)c1Cl. The molecule has 1 N–H and O–H groups in total. The molecule has 0 bridgehead atoms. The predicted octanol–water partition coefficient (Wildman–Crippen LogP) is 3.90. The molecule has 0 aliphatic rings. The minimum atomic E-state index is -0.178. The summed E-state index contributed by atoms with van der Waals surface area (Å²) < 4.78 is 1.91. The highest BCUT2D eigenvalue weighted by Gasteiger charge is 2.12. The first kappa shape index (κ1) is 16.1. The number of carbonyl (C=O) groups excluding carboxylic acids is 1. The summed E-state index contributed by atoms with van der Waals surface area (Å²) in [5.74, 6) is 0.0383. The van der Waals surface area contributed by atoms with E-state index in [1.807, 2.05) is 18.4 Å². The van der Waals surface area contributed by atoms with Gasteiger partial charge in [0.25, 0.3) is 0 Å². The molecule has 2 rings (SSSR count). The van der Waals surface area contributed by atoms with E-state index in [0.29, 0.717) is 20.9 Å². The maximum absolute atomic E-state index is 12.0. The summed E-state index contributed by atoms with van der Waals surface area (Å²) in [6.07, 6.45) is 1.65. The molecule has 0 aliphatic carbocycles. The number of halogens is 2. The number of thioether (sulfide) groups is 1. The normalized spacial score (nSPS) is 10.9. The third kappa shape index (κ3) is 4.12. The van der Waals surface area contributed by atoms with Crippen molar-refractivity contribution < 1.29 is 4.79 Å². The molecule has 2 aromatic rings. The second-order valence-corrected chi connectivity index (χ2v) is 6.28. The van der Waals surface area contributed by atoms with Crippen molar-refractivity contribution in [1.82, 2.24) is 14.8 Å². The zero-order chi connectivity index (χ0) is 15.4. The van der Waals surface area contributed by atoms with Crippen LogP contribution in [0.4, 0.5) is 5.69 Å². The molecule has 0 spiro atoms. The number of amides is 1. The first-order valence-corrected chi connectivity index (χ1v) is 7.99. The molecule has 1 aromatic heterocycles. The van der Waals surface area contributed by atoms with Crippen molar-refractivity contribution in [2.45, 2.75) is 25.0 Å². The van der Waals surface area contributed by atoms with Crippen LogP contribution in [0.3, 0.4) is 0 Å². The lowest BCUT2D eigenvalue weighted by molar-refractivity contribution is -0.113. The van der Waals surface area contributed by atoms with Gasteiger partial charge in [-0.05, 0) is 26.0 Å². The minimum absolute atomic E-state index is 0.178.